The molecular formula is C30H35N3O5. The number of benzene rings is 2. The third kappa shape index (κ3) is 6.09. The summed E-state index contributed by atoms with van der Waals surface area (Å²) in [6.07, 6.45) is 1.75. The van der Waals surface area contributed by atoms with Crippen LogP contribution in [0, 0.1) is 6.92 Å². The highest BCUT2D eigenvalue weighted by molar-refractivity contribution is 5.96. The normalized spacial score (nSPS) is 20.7. The van der Waals surface area contributed by atoms with Crippen molar-refractivity contribution in [3.63, 3.8) is 0 Å². The van der Waals surface area contributed by atoms with Gasteiger partial charge < -0.3 is 24.1 Å². The largest absolute Gasteiger partial charge is 0.465 e. The third-order valence-electron chi connectivity index (χ3n) is 7.03. The van der Waals surface area contributed by atoms with Gasteiger partial charge in [-0.2, -0.15) is 0 Å². The van der Waals surface area contributed by atoms with E-state index >= 15 is 0 Å². The van der Waals surface area contributed by atoms with Crippen molar-refractivity contribution >= 4 is 11.8 Å². The summed E-state index contributed by atoms with van der Waals surface area (Å²) in [6, 6.07) is 17.0. The van der Waals surface area contributed by atoms with Crippen molar-refractivity contribution in [3.05, 3.63) is 82.8 Å². The number of likely N-dealkylation sites (tertiary alicyclic amines) is 1. The zero-order chi connectivity index (χ0) is 26.6. The number of carbonyl (C=O) groups is 2. The van der Waals surface area contributed by atoms with Gasteiger partial charge in [0.1, 0.15) is 23.0 Å². The van der Waals surface area contributed by atoms with E-state index in [0.717, 1.165) is 35.5 Å². The van der Waals surface area contributed by atoms with Gasteiger partial charge in [0.2, 0.25) is 5.91 Å². The molecule has 1 saturated heterocycles. The van der Waals surface area contributed by atoms with Crippen LogP contribution in [0.1, 0.15) is 46.3 Å². The van der Waals surface area contributed by atoms with Crippen molar-refractivity contribution in [2.45, 2.75) is 52.0 Å². The number of aryl methyl sites for hydroxylation is 2. The van der Waals surface area contributed by atoms with E-state index in [0.29, 0.717) is 43.3 Å². The summed E-state index contributed by atoms with van der Waals surface area (Å²) in [5.74, 6) is 2.72. The Bertz CT molecular complexity index is 1300. The van der Waals surface area contributed by atoms with Gasteiger partial charge in [-0.25, -0.2) is 0 Å². The molecule has 3 heterocycles. The zero-order valence-electron chi connectivity index (χ0n) is 22.2. The van der Waals surface area contributed by atoms with E-state index in [9.17, 15) is 9.59 Å². The molecule has 200 valence electrons. The molecule has 2 aliphatic heterocycles. The lowest BCUT2D eigenvalue weighted by Gasteiger charge is -2.23. The second-order valence-corrected chi connectivity index (χ2v) is 10.2. The molecule has 1 N–H and O–H groups in total. The minimum absolute atomic E-state index is 0.0519. The van der Waals surface area contributed by atoms with Crippen LogP contribution in [0.5, 0.6) is 11.5 Å². The van der Waals surface area contributed by atoms with Crippen LogP contribution in [0.3, 0.4) is 0 Å². The Morgan fingerprint density at radius 3 is 2.71 bits per heavy atom. The van der Waals surface area contributed by atoms with Crippen molar-refractivity contribution in [1.82, 2.24) is 15.1 Å². The lowest BCUT2D eigenvalue weighted by molar-refractivity contribution is -0.123. The highest BCUT2D eigenvalue weighted by atomic mass is 16.5. The SMILES string of the molecule is CCCc1ccc(CN2C[C@@H]3NC(=O)CN(C)C(=O)c4ccc(C)c(c4)Oc4cccc(c4)CO[C@H]3C2)o1. The number of hydrogen-bond acceptors (Lipinski definition) is 6. The first kappa shape index (κ1) is 26.0. The van der Waals surface area contributed by atoms with E-state index in [1.807, 2.05) is 49.4 Å². The van der Waals surface area contributed by atoms with Gasteiger partial charge in [0, 0.05) is 32.1 Å². The van der Waals surface area contributed by atoms with Crippen LogP contribution in [-0.4, -0.2) is 60.4 Å². The van der Waals surface area contributed by atoms with Gasteiger partial charge in [0.15, 0.2) is 0 Å². The lowest BCUT2D eigenvalue weighted by atomic mass is 10.1. The molecule has 2 aromatic carbocycles. The standard InChI is InChI=1S/C30H35N3O5/c1-4-6-23-11-12-25(37-23)15-33-16-26-28(17-33)36-19-21-7-5-8-24(13-21)38-27-14-22(10-9-20(27)2)30(35)32(3)18-29(34)31-26/h5,7-14,26,28H,4,6,15-19H2,1-3H3,(H,31,34)/t26-,28-/m0/s1. The highest BCUT2D eigenvalue weighted by Crippen LogP contribution is 2.28. The maximum absolute atomic E-state index is 13.1. The fourth-order valence-electron chi connectivity index (χ4n) is 5.03. The predicted molar refractivity (Wildman–Crippen MR) is 143 cm³/mol. The smallest absolute Gasteiger partial charge is 0.254 e. The summed E-state index contributed by atoms with van der Waals surface area (Å²) in [5.41, 5.74) is 2.35. The topological polar surface area (TPSA) is 84.3 Å². The van der Waals surface area contributed by atoms with Gasteiger partial charge >= 0.3 is 0 Å². The molecule has 2 amide bonds. The maximum atomic E-state index is 13.1. The fraction of sp³-hybridized carbons (Fsp3) is 0.400. The second-order valence-electron chi connectivity index (χ2n) is 10.2. The molecule has 2 atom stereocenters. The van der Waals surface area contributed by atoms with Gasteiger partial charge in [0.25, 0.3) is 5.91 Å². The maximum Gasteiger partial charge on any atom is 0.254 e. The molecule has 38 heavy (non-hydrogen) atoms. The van der Waals surface area contributed by atoms with Crippen LogP contribution in [0.25, 0.3) is 0 Å². The molecule has 1 aromatic heterocycles. The van der Waals surface area contributed by atoms with Gasteiger partial charge in [-0.15, -0.1) is 0 Å². The average molecular weight is 518 g/mol. The third-order valence-corrected chi connectivity index (χ3v) is 7.03. The molecule has 4 bridgehead atoms. The fourth-order valence-corrected chi connectivity index (χ4v) is 5.03. The highest BCUT2D eigenvalue weighted by Gasteiger charge is 2.35. The average Bonchev–Trinajstić information content (AvgIpc) is 3.49. The van der Waals surface area contributed by atoms with Crippen molar-refractivity contribution in [2.24, 2.45) is 0 Å². The molecule has 0 aliphatic carbocycles. The molecule has 5 rings (SSSR count). The van der Waals surface area contributed by atoms with Crippen molar-refractivity contribution in [3.8, 4) is 11.5 Å². The summed E-state index contributed by atoms with van der Waals surface area (Å²) in [6.45, 7) is 6.33. The van der Waals surface area contributed by atoms with Crippen LogP contribution < -0.4 is 10.1 Å². The Morgan fingerprint density at radius 2 is 1.87 bits per heavy atom. The summed E-state index contributed by atoms with van der Waals surface area (Å²) < 4.78 is 18.5. The van der Waals surface area contributed by atoms with E-state index in [2.05, 4.69) is 17.1 Å². The van der Waals surface area contributed by atoms with E-state index in [4.69, 9.17) is 13.9 Å². The Morgan fingerprint density at radius 1 is 1.03 bits per heavy atom. The molecule has 2 aliphatic rings. The van der Waals surface area contributed by atoms with Gasteiger partial charge in [-0.05, 0) is 60.9 Å². The number of carbonyl (C=O) groups excluding carboxylic acids is 2. The van der Waals surface area contributed by atoms with E-state index in [1.165, 1.54) is 4.90 Å². The predicted octanol–water partition coefficient (Wildman–Crippen LogP) is 4.30. The summed E-state index contributed by atoms with van der Waals surface area (Å²) in [7, 11) is 1.63. The van der Waals surface area contributed by atoms with E-state index in [-0.39, 0.29) is 30.5 Å². The molecule has 1 fully saturated rings. The number of hydrogen-bond donors (Lipinski definition) is 1. The number of likely N-dealkylation sites (N-methyl/N-ethyl adjacent to an activating group) is 1. The molecule has 8 heteroatoms. The number of furan rings is 1. The Balaban J connectivity index is 1.37. The summed E-state index contributed by atoms with van der Waals surface area (Å²) in [4.78, 5) is 29.8. The minimum atomic E-state index is -0.243. The first-order valence-corrected chi connectivity index (χ1v) is 13.2. The van der Waals surface area contributed by atoms with Crippen molar-refractivity contribution in [1.29, 1.82) is 0 Å². The van der Waals surface area contributed by atoms with Gasteiger partial charge in [-0.1, -0.05) is 25.1 Å². The van der Waals surface area contributed by atoms with E-state index in [1.54, 1.807) is 19.2 Å². The second kappa shape index (κ2) is 11.4. The molecular weight excluding hydrogens is 482 g/mol. The van der Waals surface area contributed by atoms with Crippen LogP contribution in [-0.2, 0) is 29.1 Å². The number of nitrogens with one attached hydrogen (secondary N) is 1. The van der Waals surface area contributed by atoms with Crippen LogP contribution in [0.2, 0.25) is 0 Å². The monoisotopic (exact) mass is 517 g/mol. The quantitative estimate of drug-likeness (QED) is 0.556. The van der Waals surface area contributed by atoms with Crippen LogP contribution in [0.4, 0.5) is 0 Å². The van der Waals surface area contributed by atoms with Crippen LogP contribution >= 0.6 is 0 Å². The molecule has 0 unspecified atom stereocenters. The van der Waals surface area contributed by atoms with E-state index < -0.39 is 0 Å². The van der Waals surface area contributed by atoms with Crippen LogP contribution in [0.15, 0.2) is 59.0 Å². The van der Waals surface area contributed by atoms with Crippen molar-refractivity contribution < 1.29 is 23.5 Å². The summed E-state index contributed by atoms with van der Waals surface area (Å²) in [5, 5.41) is 3.12. The molecule has 0 saturated carbocycles. The Labute approximate surface area is 223 Å². The first-order chi connectivity index (χ1) is 18.4. The zero-order valence-corrected chi connectivity index (χ0v) is 22.2. The number of amides is 2. The Kier molecular flexibility index (Phi) is 7.81. The number of fused-ring (bicyclic) bond motifs is 5. The molecule has 3 aromatic rings. The number of rotatable bonds is 4. The van der Waals surface area contributed by atoms with Gasteiger partial charge in [-0.3, -0.25) is 14.5 Å². The molecule has 8 nitrogen and oxygen atoms in total. The van der Waals surface area contributed by atoms with Crippen molar-refractivity contribution in [2.75, 3.05) is 26.7 Å². The number of nitrogens with zero attached hydrogens (tertiary/aromatic N) is 2. The molecule has 0 spiro atoms. The van der Waals surface area contributed by atoms with Gasteiger partial charge in [0.05, 0.1) is 31.8 Å². The Hall–Kier alpha value is -3.62. The minimum Gasteiger partial charge on any atom is -0.465 e. The molecule has 0 radical (unpaired) electrons. The number of ether oxygens (including phenoxy) is 2. The summed E-state index contributed by atoms with van der Waals surface area (Å²) >= 11 is 0. The first-order valence-electron chi connectivity index (χ1n) is 13.2. The lowest BCUT2D eigenvalue weighted by Crippen LogP contribution is -2.48.